The average molecular weight is 309 g/mol. The van der Waals surface area contributed by atoms with Crippen LogP contribution in [0.15, 0.2) is 42.6 Å². The maximum atomic E-state index is 12.1. The Balaban J connectivity index is 1.71. The van der Waals surface area contributed by atoms with Crippen LogP contribution in [0.2, 0.25) is 0 Å². The predicted octanol–water partition coefficient (Wildman–Crippen LogP) is 4.01. The molecule has 0 aliphatic heterocycles. The van der Waals surface area contributed by atoms with Crippen molar-refractivity contribution in [2.45, 2.75) is 45.1 Å². The van der Waals surface area contributed by atoms with E-state index in [1.807, 2.05) is 6.07 Å². The molecule has 23 heavy (non-hydrogen) atoms. The quantitative estimate of drug-likeness (QED) is 0.897. The summed E-state index contributed by atoms with van der Waals surface area (Å²) in [6.45, 7) is 6.59. The van der Waals surface area contributed by atoms with Crippen molar-refractivity contribution in [2.75, 3.05) is 5.32 Å². The van der Waals surface area contributed by atoms with Gasteiger partial charge in [-0.05, 0) is 48.1 Å². The van der Waals surface area contributed by atoms with Crippen molar-refractivity contribution in [1.29, 1.82) is 0 Å². The molecule has 1 aliphatic rings. The lowest BCUT2D eigenvalue weighted by Gasteiger charge is -2.19. The van der Waals surface area contributed by atoms with Crippen LogP contribution in [0.25, 0.3) is 0 Å². The van der Waals surface area contributed by atoms with Gasteiger partial charge in [0.05, 0.1) is 0 Å². The third-order valence-corrected chi connectivity index (χ3v) is 3.94. The number of nitrogens with one attached hydrogen (secondary N) is 2. The highest BCUT2D eigenvalue weighted by atomic mass is 16.2. The second-order valence-electron chi connectivity index (χ2n) is 7.13. The number of amides is 1. The van der Waals surface area contributed by atoms with Crippen LogP contribution in [0.5, 0.6) is 0 Å². The molecule has 1 amide bonds. The summed E-state index contributed by atoms with van der Waals surface area (Å²) >= 11 is 0. The Morgan fingerprint density at radius 2 is 1.78 bits per heavy atom. The Bertz CT molecular complexity index is 697. The number of rotatable bonds is 4. The third kappa shape index (κ3) is 4.09. The van der Waals surface area contributed by atoms with Gasteiger partial charge in [0, 0.05) is 23.6 Å². The van der Waals surface area contributed by atoms with Crippen LogP contribution in [0.3, 0.4) is 0 Å². The molecule has 0 unspecified atom stereocenters. The molecular weight excluding hydrogens is 286 g/mol. The molecule has 1 aromatic carbocycles. The summed E-state index contributed by atoms with van der Waals surface area (Å²) in [4.78, 5) is 16.2. The SMILES string of the molecule is CC(C)(C)c1ccc(Nc2ccnc(C(=O)NC3CC3)c2)cc1. The van der Waals surface area contributed by atoms with Gasteiger partial charge in [-0.15, -0.1) is 0 Å². The first-order valence-corrected chi connectivity index (χ1v) is 8.06. The molecule has 120 valence electrons. The summed E-state index contributed by atoms with van der Waals surface area (Å²) in [6, 6.07) is 12.4. The normalized spacial score (nSPS) is 14.4. The maximum absolute atomic E-state index is 12.1. The zero-order chi connectivity index (χ0) is 16.4. The van der Waals surface area contributed by atoms with Gasteiger partial charge in [0.2, 0.25) is 0 Å². The number of hydrogen-bond donors (Lipinski definition) is 2. The van der Waals surface area contributed by atoms with Gasteiger partial charge < -0.3 is 10.6 Å². The van der Waals surface area contributed by atoms with E-state index in [4.69, 9.17) is 0 Å². The molecule has 0 spiro atoms. The molecule has 0 bridgehead atoms. The number of nitrogens with zero attached hydrogens (tertiary/aromatic N) is 1. The molecule has 0 radical (unpaired) electrons. The van der Waals surface area contributed by atoms with E-state index in [0.29, 0.717) is 11.7 Å². The summed E-state index contributed by atoms with van der Waals surface area (Å²) in [5.41, 5.74) is 3.75. The zero-order valence-electron chi connectivity index (χ0n) is 13.9. The van der Waals surface area contributed by atoms with Crippen LogP contribution in [-0.4, -0.2) is 16.9 Å². The third-order valence-electron chi connectivity index (χ3n) is 3.94. The maximum Gasteiger partial charge on any atom is 0.270 e. The Labute approximate surface area is 137 Å². The molecule has 1 heterocycles. The topological polar surface area (TPSA) is 54.0 Å². The lowest BCUT2D eigenvalue weighted by atomic mass is 9.87. The fourth-order valence-electron chi connectivity index (χ4n) is 2.34. The van der Waals surface area contributed by atoms with E-state index in [1.54, 1.807) is 12.3 Å². The molecule has 4 heteroatoms. The van der Waals surface area contributed by atoms with Crippen molar-refractivity contribution >= 4 is 17.3 Å². The van der Waals surface area contributed by atoms with E-state index >= 15 is 0 Å². The van der Waals surface area contributed by atoms with E-state index in [1.165, 1.54) is 5.56 Å². The lowest BCUT2D eigenvalue weighted by molar-refractivity contribution is 0.0946. The van der Waals surface area contributed by atoms with Crippen LogP contribution in [0.1, 0.15) is 49.7 Å². The summed E-state index contributed by atoms with van der Waals surface area (Å²) in [7, 11) is 0. The second-order valence-corrected chi connectivity index (χ2v) is 7.13. The average Bonchev–Trinajstić information content (AvgIpc) is 3.31. The van der Waals surface area contributed by atoms with Crippen LogP contribution >= 0.6 is 0 Å². The van der Waals surface area contributed by atoms with Crippen molar-refractivity contribution in [3.63, 3.8) is 0 Å². The minimum absolute atomic E-state index is 0.0979. The van der Waals surface area contributed by atoms with Crippen molar-refractivity contribution < 1.29 is 4.79 Å². The molecule has 1 saturated carbocycles. The molecule has 1 aliphatic carbocycles. The minimum Gasteiger partial charge on any atom is -0.355 e. The second kappa shape index (κ2) is 6.03. The van der Waals surface area contributed by atoms with Gasteiger partial charge in [0.15, 0.2) is 0 Å². The van der Waals surface area contributed by atoms with Crippen LogP contribution < -0.4 is 10.6 Å². The molecule has 4 nitrogen and oxygen atoms in total. The van der Waals surface area contributed by atoms with Crippen molar-refractivity contribution in [1.82, 2.24) is 10.3 Å². The van der Waals surface area contributed by atoms with Gasteiger partial charge in [-0.2, -0.15) is 0 Å². The van der Waals surface area contributed by atoms with E-state index in [9.17, 15) is 4.79 Å². The van der Waals surface area contributed by atoms with E-state index in [-0.39, 0.29) is 11.3 Å². The standard InChI is InChI=1S/C19H23N3O/c1-19(2,3)13-4-6-14(7-5-13)21-16-10-11-20-17(12-16)18(23)22-15-8-9-15/h4-7,10-12,15H,8-9H2,1-3H3,(H,20,21)(H,22,23). The number of benzene rings is 1. The summed E-state index contributed by atoms with van der Waals surface area (Å²) < 4.78 is 0. The van der Waals surface area contributed by atoms with E-state index in [0.717, 1.165) is 24.2 Å². The number of aromatic nitrogens is 1. The van der Waals surface area contributed by atoms with Crippen molar-refractivity contribution in [3.8, 4) is 0 Å². The van der Waals surface area contributed by atoms with Gasteiger partial charge in [0.25, 0.3) is 5.91 Å². The van der Waals surface area contributed by atoms with Gasteiger partial charge >= 0.3 is 0 Å². The Morgan fingerprint density at radius 3 is 2.39 bits per heavy atom. The van der Waals surface area contributed by atoms with Crippen LogP contribution in [0, 0.1) is 0 Å². The van der Waals surface area contributed by atoms with Crippen LogP contribution in [0.4, 0.5) is 11.4 Å². The largest absolute Gasteiger partial charge is 0.355 e. The summed E-state index contributed by atoms with van der Waals surface area (Å²) in [5, 5.41) is 6.28. The molecule has 2 N–H and O–H groups in total. The van der Waals surface area contributed by atoms with Crippen molar-refractivity contribution in [3.05, 3.63) is 53.9 Å². The zero-order valence-corrected chi connectivity index (χ0v) is 13.9. The number of hydrogen-bond acceptors (Lipinski definition) is 3. The lowest BCUT2D eigenvalue weighted by Crippen LogP contribution is -2.26. The molecule has 3 rings (SSSR count). The summed E-state index contributed by atoms with van der Waals surface area (Å²) in [5.74, 6) is -0.0979. The first kappa shape index (κ1) is 15.5. The number of pyridine rings is 1. The Kier molecular flexibility index (Phi) is 4.07. The summed E-state index contributed by atoms with van der Waals surface area (Å²) in [6.07, 6.45) is 3.81. The highest BCUT2D eigenvalue weighted by Gasteiger charge is 2.24. The Morgan fingerprint density at radius 1 is 1.09 bits per heavy atom. The molecule has 0 saturated heterocycles. The molecule has 0 atom stereocenters. The highest BCUT2D eigenvalue weighted by Crippen LogP contribution is 2.25. The first-order valence-electron chi connectivity index (χ1n) is 8.06. The number of anilines is 2. The highest BCUT2D eigenvalue weighted by molar-refractivity contribution is 5.93. The van der Waals surface area contributed by atoms with E-state index in [2.05, 4.69) is 60.7 Å². The fourth-order valence-corrected chi connectivity index (χ4v) is 2.34. The van der Waals surface area contributed by atoms with Gasteiger partial charge in [-0.25, -0.2) is 0 Å². The fraction of sp³-hybridized carbons (Fsp3) is 0.368. The first-order chi connectivity index (χ1) is 10.9. The van der Waals surface area contributed by atoms with Gasteiger partial charge in [0.1, 0.15) is 5.69 Å². The number of carbonyl (C=O) groups excluding carboxylic acids is 1. The Hall–Kier alpha value is -2.36. The monoisotopic (exact) mass is 309 g/mol. The van der Waals surface area contributed by atoms with Crippen molar-refractivity contribution in [2.24, 2.45) is 0 Å². The van der Waals surface area contributed by atoms with E-state index < -0.39 is 0 Å². The molecular formula is C19H23N3O. The molecule has 2 aromatic rings. The van der Waals surface area contributed by atoms with Gasteiger partial charge in [-0.3, -0.25) is 9.78 Å². The van der Waals surface area contributed by atoms with Crippen LogP contribution in [-0.2, 0) is 5.41 Å². The molecule has 1 aromatic heterocycles. The molecule has 1 fully saturated rings. The predicted molar refractivity (Wildman–Crippen MR) is 93.1 cm³/mol. The minimum atomic E-state index is -0.0979. The van der Waals surface area contributed by atoms with Gasteiger partial charge in [-0.1, -0.05) is 32.9 Å². The number of carbonyl (C=O) groups is 1. The smallest absolute Gasteiger partial charge is 0.270 e.